The van der Waals surface area contributed by atoms with Gasteiger partial charge >= 0.3 is 5.97 Å². The fourth-order valence-electron chi connectivity index (χ4n) is 2.68. The van der Waals surface area contributed by atoms with Gasteiger partial charge in [0, 0.05) is 5.69 Å². The first kappa shape index (κ1) is 19.5. The molecule has 0 fully saturated rings. The number of para-hydroxylation sites is 2. The van der Waals surface area contributed by atoms with Crippen LogP contribution in [-0.2, 0) is 14.3 Å². The van der Waals surface area contributed by atoms with Gasteiger partial charge in [0.2, 0.25) is 0 Å². The molecule has 0 saturated carbocycles. The number of carbonyl (C=O) groups excluding carboxylic acids is 2. The SMILES string of the molecule is Cc1cccc(C)c1NC(=O)[C@H](C)OC(=O)COc1c(C)cccc1C. The minimum atomic E-state index is -0.914. The third kappa shape index (κ3) is 4.85. The number of benzene rings is 2. The van der Waals surface area contributed by atoms with Crippen LogP contribution in [0.1, 0.15) is 29.2 Å². The summed E-state index contributed by atoms with van der Waals surface area (Å²) in [6.45, 7) is 8.95. The summed E-state index contributed by atoms with van der Waals surface area (Å²) in [6.07, 6.45) is -0.914. The average Bonchev–Trinajstić information content (AvgIpc) is 2.57. The highest BCUT2D eigenvalue weighted by molar-refractivity contribution is 5.96. The van der Waals surface area contributed by atoms with Gasteiger partial charge < -0.3 is 14.8 Å². The zero-order chi connectivity index (χ0) is 19.3. The molecule has 0 heterocycles. The Morgan fingerprint density at radius 3 is 1.96 bits per heavy atom. The lowest BCUT2D eigenvalue weighted by atomic mass is 10.1. The van der Waals surface area contributed by atoms with Gasteiger partial charge in [0.05, 0.1) is 0 Å². The van der Waals surface area contributed by atoms with E-state index >= 15 is 0 Å². The van der Waals surface area contributed by atoms with E-state index in [1.165, 1.54) is 0 Å². The van der Waals surface area contributed by atoms with Crippen LogP contribution >= 0.6 is 0 Å². The van der Waals surface area contributed by atoms with Crippen molar-refractivity contribution in [2.24, 2.45) is 0 Å². The zero-order valence-electron chi connectivity index (χ0n) is 15.9. The molecule has 1 N–H and O–H groups in total. The molecule has 5 nitrogen and oxygen atoms in total. The number of ether oxygens (including phenoxy) is 2. The quantitative estimate of drug-likeness (QED) is 0.799. The highest BCUT2D eigenvalue weighted by Gasteiger charge is 2.20. The summed E-state index contributed by atoms with van der Waals surface area (Å²) >= 11 is 0. The molecule has 2 aromatic carbocycles. The predicted molar refractivity (Wildman–Crippen MR) is 102 cm³/mol. The molecule has 0 spiro atoms. The van der Waals surface area contributed by atoms with E-state index in [4.69, 9.17) is 9.47 Å². The molecule has 0 radical (unpaired) electrons. The van der Waals surface area contributed by atoms with Gasteiger partial charge in [-0.1, -0.05) is 36.4 Å². The highest BCUT2D eigenvalue weighted by atomic mass is 16.6. The van der Waals surface area contributed by atoms with E-state index in [1.54, 1.807) is 6.92 Å². The van der Waals surface area contributed by atoms with E-state index in [-0.39, 0.29) is 12.5 Å². The number of nitrogens with one attached hydrogen (secondary N) is 1. The van der Waals surface area contributed by atoms with Gasteiger partial charge in [0.25, 0.3) is 5.91 Å². The molecule has 0 aromatic heterocycles. The number of rotatable bonds is 6. The van der Waals surface area contributed by atoms with Crippen LogP contribution in [0.2, 0.25) is 0 Å². The molecule has 0 saturated heterocycles. The average molecular weight is 355 g/mol. The number of aryl methyl sites for hydroxylation is 4. The maximum atomic E-state index is 12.3. The third-order valence-corrected chi connectivity index (χ3v) is 4.15. The molecule has 1 atom stereocenters. The topological polar surface area (TPSA) is 64.6 Å². The molecule has 1 amide bonds. The maximum absolute atomic E-state index is 12.3. The number of carbonyl (C=O) groups is 2. The summed E-state index contributed by atoms with van der Waals surface area (Å²) in [5, 5.41) is 2.82. The van der Waals surface area contributed by atoms with Crippen molar-refractivity contribution < 1.29 is 19.1 Å². The Labute approximate surface area is 154 Å². The maximum Gasteiger partial charge on any atom is 0.344 e. The number of esters is 1. The van der Waals surface area contributed by atoms with Crippen molar-refractivity contribution in [2.45, 2.75) is 40.7 Å². The van der Waals surface area contributed by atoms with Crippen LogP contribution in [0.25, 0.3) is 0 Å². The Bertz CT molecular complexity index is 773. The summed E-state index contributed by atoms with van der Waals surface area (Å²) in [6, 6.07) is 11.5. The Kier molecular flexibility index (Phi) is 6.39. The second kappa shape index (κ2) is 8.52. The Hall–Kier alpha value is -2.82. The standard InChI is InChI=1S/C21H25NO4/c1-13-8-6-9-14(2)19(13)22-21(24)17(5)26-18(23)12-25-20-15(3)10-7-11-16(20)4/h6-11,17H,12H2,1-5H3,(H,22,24)/t17-/m0/s1. The van der Waals surface area contributed by atoms with Gasteiger partial charge in [0.1, 0.15) is 5.75 Å². The number of anilines is 1. The normalized spacial score (nSPS) is 11.6. The fourth-order valence-corrected chi connectivity index (χ4v) is 2.68. The van der Waals surface area contributed by atoms with Crippen LogP contribution in [0.4, 0.5) is 5.69 Å². The van der Waals surface area contributed by atoms with Crippen LogP contribution < -0.4 is 10.1 Å². The van der Waals surface area contributed by atoms with E-state index in [0.717, 1.165) is 27.9 Å². The molecular formula is C21H25NO4. The van der Waals surface area contributed by atoms with Crippen molar-refractivity contribution in [1.82, 2.24) is 0 Å². The largest absolute Gasteiger partial charge is 0.481 e. The van der Waals surface area contributed by atoms with E-state index in [9.17, 15) is 9.59 Å². The van der Waals surface area contributed by atoms with Crippen molar-refractivity contribution in [3.63, 3.8) is 0 Å². The first-order chi connectivity index (χ1) is 12.3. The van der Waals surface area contributed by atoms with Crippen LogP contribution in [0, 0.1) is 27.7 Å². The third-order valence-electron chi connectivity index (χ3n) is 4.15. The fraction of sp³-hybridized carbons (Fsp3) is 0.333. The van der Waals surface area contributed by atoms with Crippen molar-refractivity contribution in [3.05, 3.63) is 58.7 Å². The van der Waals surface area contributed by atoms with Gasteiger partial charge in [-0.15, -0.1) is 0 Å². The molecule has 0 aliphatic rings. The Balaban J connectivity index is 1.91. The van der Waals surface area contributed by atoms with Gasteiger partial charge in [-0.3, -0.25) is 4.79 Å². The second-order valence-electron chi connectivity index (χ2n) is 6.40. The molecular weight excluding hydrogens is 330 g/mol. The Morgan fingerprint density at radius 1 is 0.923 bits per heavy atom. The van der Waals surface area contributed by atoms with Gasteiger partial charge in [-0.2, -0.15) is 0 Å². The smallest absolute Gasteiger partial charge is 0.344 e. The second-order valence-corrected chi connectivity index (χ2v) is 6.40. The minimum absolute atomic E-state index is 0.243. The first-order valence-corrected chi connectivity index (χ1v) is 8.55. The summed E-state index contributed by atoms with van der Waals surface area (Å²) < 4.78 is 10.7. The molecule has 0 bridgehead atoms. The van der Waals surface area contributed by atoms with Crippen LogP contribution in [-0.4, -0.2) is 24.6 Å². The molecule has 0 aliphatic carbocycles. The van der Waals surface area contributed by atoms with Gasteiger partial charge in [0.15, 0.2) is 12.7 Å². The predicted octanol–water partition coefficient (Wildman–Crippen LogP) is 3.87. The lowest BCUT2D eigenvalue weighted by molar-refractivity contribution is -0.155. The highest BCUT2D eigenvalue weighted by Crippen LogP contribution is 2.22. The summed E-state index contributed by atoms with van der Waals surface area (Å²) in [7, 11) is 0. The van der Waals surface area contributed by atoms with Crippen LogP contribution in [0.3, 0.4) is 0 Å². The lowest BCUT2D eigenvalue weighted by Gasteiger charge is -2.17. The van der Waals surface area contributed by atoms with Crippen molar-refractivity contribution >= 4 is 17.6 Å². The van der Waals surface area contributed by atoms with Crippen molar-refractivity contribution in [2.75, 3.05) is 11.9 Å². The minimum Gasteiger partial charge on any atom is -0.481 e. The first-order valence-electron chi connectivity index (χ1n) is 8.55. The summed E-state index contributed by atoms with van der Waals surface area (Å²) in [4.78, 5) is 24.3. The molecule has 0 aliphatic heterocycles. The monoisotopic (exact) mass is 355 g/mol. The van der Waals surface area contributed by atoms with E-state index in [0.29, 0.717) is 5.75 Å². The van der Waals surface area contributed by atoms with Gasteiger partial charge in [-0.25, -0.2) is 4.79 Å². The Morgan fingerprint density at radius 2 is 1.42 bits per heavy atom. The summed E-state index contributed by atoms with van der Waals surface area (Å²) in [5.41, 5.74) is 4.54. The number of hydrogen-bond acceptors (Lipinski definition) is 4. The van der Waals surface area contributed by atoms with E-state index in [1.807, 2.05) is 64.1 Å². The zero-order valence-corrected chi connectivity index (χ0v) is 15.9. The van der Waals surface area contributed by atoms with E-state index in [2.05, 4.69) is 5.32 Å². The molecule has 2 rings (SSSR count). The van der Waals surface area contributed by atoms with Crippen molar-refractivity contribution in [3.8, 4) is 5.75 Å². The molecule has 138 valence electrons. The molecule has 5 heteroatoms. The van der Waals surface area contributed by atoms with Crippen LogP contribution in [0.15, 0.2) is 36.4 Å². The van der Waals surface area contributed by atoms with E-state index < -0.39 is 12.1 Å². The van der Waals surface area contributed by atoms with Gasteiger partial charge in [-0.05, 0) is 56.9 Å². The summed E-state index contributed by atoms with van der Waals surface area (Å²) in [5.74, 6) is -0.295. The lowest BCUT2D eigenvalue weighted by Crippen LogP contribution is -2.32. The van der Waals surface area contributed by atoms with Crippen LogP contribution in [0.5, 0.6) is 5.75 Å². The number of hydrogen-bond donors (Lipinski definition) is 1. The number of amides is 1. The molecule has 2 aromatic rings. The van der Waals surface area contributed by atoms with Crippen molar-refractivity contribution in [1.29, 1.82) is 0 Å². The molecule has 26 heavy (non-hydrogen) atoms. The molecule has 0 unspecified atom stereocenters.